The van der Waals surface area contributed by atoms with Crippen LogP contribution in [0.4, 0.5) is 11.6 Å². The average molecular weight is 527 g/mol. The zero-order chi connectivity index (χ0) is 26.9. The molecule has 2 aromatic carbocycles. The summed E-state index contributed by atoms with van der Waals surface area (Å²) < 4.78 is 17.5. The third kappa shape index (κ3) is 7.75. The fraction of sp³-hybridized carbons (Fsp3) is 0.267. The maximum atomic E-state index is 12.4. The molecule has 5 rings (SSSR count). The minimum absolute atomic E-state index is 0.131. The van der Waals surface area contributed by atoms with Gasteiger partial charge in [0.2, 0.25) is 11.8 Å². The molecule has 4 aromatic rings. The van der Waals surface area contributed by atoms with Crippen molar-refractivity contribution in [1.82, 2.24) is 9.97 Å². The van der Waals surface area contributed by atoms with Crippen molar-refractivity contribution in [3.63, 3.8) is 0 Å². The molecule has 200 valence electrons. The summed E-state index contributed by atoms with van der Waals surface area (Å²) in [6, 6.07) is 22.5. The number of fused-ring (bicyclic) bond motifs is 6. The second kappa shape index (κ2) is 12.8. The molecule has 1 aliphatic heterocycles. The molecule has 9 heteroatoms. The van der Waals surface area contributed by atoms with E-state index in [9.17, 15) is 9.59 Å². The highest BCUT2D eigenvalue weighted by molar-refractivity contribution is 5.90. The van der Waals surface area contributed by atoms with Gasteiger partial charge in [-0.3, -0.25) is 9.59 Å². The molecule has 9 nitrogen and oxygen atoms in total. The van der Waals surface area contributed by atoms with Crippen molar-refractivity contribution in [2.75, 3.05) is 23.8 Å². The molecule has 1 aliphatic rings. The molecular formula is C30H30N4O5. The summed E-state index contributed by atoms with van der Waals surface area (Å²) in [6.45, 7) is 1.33. The first-order chi connectivity index (χ1) is 19.1. The van der Waals surface area contributed by atoms with E-state index in [2.05, 4.69) is 20.6 Å². The number of carbonyl (C=O) groups is 2. The van der Waals surface area contributed by atoms with E-state index >= 15 is 0 Å². The van der Waals surface area contributed by atoms with Gasteiger partial charge in [0.1, 0.15) is 23.1 Å². The van der Waals surface area contributed by atoms with Crippen molar-refractivity contribution in [3.8, 4) is 11.5 Å². The number of hydrogen-bond acceptors (Lipinski definition) is 7. The molecule has 0 saturated carbocycles. The monoisotopic (exact) mass is 526 g/mol. The molecule has 2 amide bonds. The summed E-state index contributed by atoms with van der Waals surface area (Å²) in [5.74, 6) is 2.14. The first-order valence-electron chi connectivity index (χ1n) is 13.0. The van der Waals surface area contributed by atoms with Gasteiger partial charge in [0.15, 0.2) is 0 Å². The number of carbonyl (C=O) groups excluding carboxylic acids is 2. The molecule has 2 N–H and O–H groups in total. The Labute approximate surface area is 226 Å². The van der Waals surface area contributed by atoms with Crippen LogP contribution in [-0.2, 0) is 27.5 Å². The van der Waals surface area contributed by atoms with Gasteiger partial charge in [-0.05, 0) is 72.1 Å². The Morgan fingerprint density at radius 3 is 1.64 bits per heavy atom. The maximum Gasteiger partial charge on any atom is 0.225 e. The van der Waals surface area contributed by atoms with Crippen molar-refractivity contribution in [2.45, 2.75) is 38.9 Å². The molecule has 0 fully saturated rings. The van der Waals surface area contributed by atoms with Crippen LogP contribution < -0.4 is 20.1 Å². The van der Waals surface area contributed by atoms with E-state index in [4.69, 9.17) is 14.2 Å². The van der Waals surface area contributed by atoms with Crippen LogP contribution in [0.1, 0.15) is 37.1 Å². The topological polar surface area (TPSA) is 112 Å². The fourth-order valence-electron chi connectivity index (χ4n) is 4.16. The number of pyridine rings is 2. The van der Waals surface area contributed by atoms with Crippen molar-refractivity contribution in [3.05, 3.63) is 84.2 Å². The summed E-state index contributed by atoms with van der Waals surface area (Å²) in [4.78, 5) is 33.8. The van der Waals surface area contributed by atoms with Gasteiger partial charge in [-0.25, -0.2) is 9.97 Å². The number of nitrogens with one attached hydrogen (secondary N) is 2. The number of hydrogen-bond donors (Lipinski definition) is 2. The lowest BCUT2D eigenvalue weighted by Gasteiger charge is -2.11. The van der Waals surface area contributed by atoms with Gasteiger partial charge in [-0.2, -0.15) is 0 Å². The predicted molar refractivity (Wildman–Crippen MR) is 148 cm³/mol. The number of ether oxygens (including phenoxy) is 3. The SMILES string of the molecule is O=C1CCCOc2ccc3ccc(cc3c2)OCCCC(=O)Nc2cccc(n2)COCc2cccc(n2)N1. The van der Waals surface area contributed by atoms with E-state index in [1.165, 1.54) is 0 Å². The quantitative estimate of drug-likeness (QED) is 0.322. The predicted octanol–water partition coefficient (Wildman–Crippen LogP) is 5.26. The summed E-state index contributed by atoms with van der Waals surface area (Å²) in [5.41, 5.74) is 1.37. The second-order valence-corrected chi connectivity index (χ2v) is 9.19. The largest absolute Gasteiger partial charge is 0.494 e. The van der Waals surface area contributed by atoms with E-state index in [1.54, 1.807) is 12.1 Å². The molecule has 0 aliphatic carbocycles. The number of aromatic nitrogens is 2. The Morgan fingerprint density at radius 2 is 1.13 bits per heavy atom. The Hall–Kier alpha value is -4.50. The first-order valence-corrected chi connectivity index (χ1v) is 13.0. The van der Waals surface area contributed by atoms with Gasteiger partial charge in [-0.1, -0.05) is 24.3 Å². The first kappa shape index (κ1) is 26.1. The van der Waals surface area contributed by atoms with Crippen LogP contribution >= 0.6 is 0 Å². The van der Waals surface area contributed by atoms with Gasteiger partial charge in [0, 0.05) is 12.8 Å². The number of nitrogens with zero attached hydrogens (tertiary/aromatic N) is 2. The molecular weight excluding hydrogens is 496 g/mol. The van der Waals surface area contributed by atoms with Gasteiger partial charge in [0.05, 0.1) is 37.8 Å². The Morgan fingerprint density at radius 1 is 0.615 bits per heavy atom. The van der Waals surface area contributed by atoms with E-state index in [0.717, 1.165) is 22.3 Å². The second-order valence-electron chi connectivity index (χ2n) is 9.19. The molecule has 3 heterocycles. The standard InChI is InChI=1S/C30H30N4O5/c35-29-9-3-15-38-25-13-11-21-12-14-26(18-22(21)17-25)39-16-4-10-30(36)34-28-8-2-6-24(32-28)20-37-19-23-5-1-7-27(31-23)33-29/h1-2,5-8,11-14,17-18H,3-4,9-10,15-16,19-20H2,(H,31,33,35)(H,32,34,36). The van der Waals surface area contributed by atoms with Gasteiger partial charge in [0.25, 0.3) is 0 Å². The lowest BCUT2D eigenvalue weighted by Crippen LogP contribution is -2.14. The lowest BCUT2D eigenvalue weighted by atomic mass is 10.1. The van der Waals surface area contributed by atoms with Crippen LogP contribution in [0.15, 0.2) is 72.8 Å². The highest BCUT2D eigenvalue weighted by Crippen LogP contribution is 2.25. The average Bonchev–Trinajstić information content (AvgIpc) is 2.93. The lowest BCUT2D eigenvalue weighted by molar-refractivity contribution is -0.117. The molecule has 2 aromatic heterocycles. The van der Waals surface area contributed by atoms with Crippen LogP contribution in [-0.4, -0.2) is 35.0 Å². The van der Waals surface area contributed by atoms with Crippen LogP contribution in [0.25, 0.3) is 10.8 Å². The van der Waals surface area contributed by atoms with E-state index in [0.29, 0.717) is 61.9 Å². The molecule has 0 atom stereocenters. The Bertz CT molecular complexity index is 1350. The van der Waals surface area contributed by atoms with Crippen LogP contribution in [0, 0.1) is 0 Å². The zero-order valence-electron chi connectivity index (χ0n) is 21.5. The highest BCUT2D eigenvalue weighted by atomic mass is 16.5. The third-order valence-corrected chi connectivity index (χ3v) is 6.07. The summed E-state index contributed by atoms with van der Waals surface area (Å²) in [5, 5.41) is 7.72. The van der Waals surface area contributed by atoms with Crippen molar-refractivity contribution >= 4 is 34.2 Å². The molecule has 0 saturated heterocycles. The van der Waals surface area contributed by atoms with Crippen molar-refractivity contribution < 1.29 is 23.8 Å². The van der Waals surface area contributed by atoms with Crippen LogP contribution in [0.5, 0.6) is 11.5 Å². The Kier molecular flexibility index (Phi) is 8.60. The zero-order valence-corrected chi connectivity index (χ0v) is 21.5. The number of rotatable bonds is 0. The van der Waals surface area contributed by atoms with Crippen molar-refractivity contribution in [2.24, 2.45) is 0 Å². The summed E-state index contributed by atoms with van der Waals surface area (Å²) in [7, 11) is 0. The van der Waals surface area contributed by atoms with Crippen LogP contribution in [0.2, 0.25) is 0 Å². The van der Waals surface area contributed by atoms with Gasteiger partial charge in [-0.15, -0.1) is 0 Å². The van der Waals surface area contributed by atoms with E-state index in [-0.39, 0.29) is 25.0 Å². The minimum Gasteiger partial charge on any atom is -0.494 e. The molecule has 0 radical (unpaired) electrons. The van der Waals surface area contributed by atoms with Crippen LogP contribution in [0.3, 0.4) is 0 Å². The van der Waals surface area contributed by atoms with E-state index in [1.807, 2.05) is 60.7 Å². The van der Waals surface area contributed by atoms with Gasteiger partial charge >= 0.3 is 0 Å². The van der Waals surface area contributed by atoms with E-state index < -0.39 is 0 Å². The van der Waals surface area contributed by atoms with Crippen molar-refractivity contribution in [1.29, 1.82) is 0 Å². The number of anilines is 2. The molecule has 7 bridgehead atoms. The number of amides is 2. The van der Waals surface area contributed by atoms with Gasteiger partial charge < -0.3 is 24.8 Å². The maximum absolute atomic E-state index is 12.4. The number of benzene rings is 2. The molecule has 39 heavy (non-hydrogen) atoms. The summed E-state index contributed by atoms with van der Waals surface area (Å²) in [6.07, 6.45) is 1.75. The molecule has 0 spiro atoms. The molecule has 0 unspecified atom stereocenters. The minimum atomic E-state index is -0.131. The third-order valence-electron chi connectivity index (χ3n) is 6.07. The summed E-state index contributed by atoms with van der Waals surface area (Å²) >= 11 is 0. The smallest absolute Gasteiger partial charge is 0.225 e. The fourth-order valence-corrected chi connectivity index (χ4v) is 4.16. The highest BCUT2D eigenvalue weighted by Gasteiger charge is 2.08. The Balaban J connectivity index is 1.28. The normalized spacial score (nSPS) is 15.7.